The summed E-state index contributed by atoms with van der Waals surface area (Å²) in [6, 6.07) is 10.1. The molecule has 2 aromatic rings. The number of likely N-dealkylation sites (N-methyl/N-ethyl adjacent to an activating group) is 2. The minimum atomic E-state index is -0.196. The molecule has 0 unspecified atom stereocenters. The fourth-order valence-corrected chi connectivity index (χ4v) is 6.10. The quantitative estimate of drug-likeness (QED) is 0.295. The van der Waals surface area contributed by atoms with Gasteiger partial charge in [-0.2, -0.15) is 0 Å². The van der Waals surface area contributed by atoms with Crippen molar-refractivity contribution in [2.45, 2.75) is 40.0 Å². The molecule has 46 heavy (non-hydrogen) atoms. The van der Waals surface area contributed by atoms with Crippen molar-refractivity contribution >= 4 is 23.5 Å². The van der Waals surface area contributed by atoms with E-state index in [2.05, 4.69) is 51.1 Å². The van der Waals surface area contributed by atoms with E-state index in [9.17, 15) is 14.4 Å². The molecule has 11 nitrogen and oxygen atoms in total. The molecule has 11 heteroatoms. The molecule has 1 N–H and O–H groups in total. The molecule has 2 aliphatic heterocycles. The van der Waals surface area contributed by atoms with Gasteiger partial charge in [-0.3, -0.25) is 24.2 Å². The number of ether oxygens (including phenoxy) is 2. The molecule has 0 spiro atoms. The van der Waals surface area contributed by atoms with Crippen LogP contribution in [0.15, 0.2) is 36.5 Å². The zero-order chi connectivity index (χ0) is 32.9. The van der Waals surface area contributed by atoms with Crippen molar-refractivity contribution in [1.82, 2.24) is 24.6 Å². The zero-order valence-corrected chi connectivity index (χ0v) is 28.1. The highest BCUT2D eigenvalue weighted by Gasteiger charge is 2.25. The third kappa shape index (κ3) is 10.6. The Morgan fingerprint density at radius 1 is 0.978 bits per heavy atom. The maximum absolute atomic E-state index is 13.9. The van der Waals surface area contributed by atoms with Gasteiger partial charge in [0.2, 0.25) is 5.91 Å². The average molecular weight is 637 g/mol. The Balaban J connectivity index is 1.40. The molecular weight excluding hydrogens is 584 g/mol. The second kappa shape index (κ2) is 18.1. The first-order valence-electron chi connectivity index (χ1n) is 16.8. The number of carbonyl (C=O) groups excluding carboxylic acids is 3. The summed E-state index contributed by atoms with van der Waals surface area (Å²) < 4.78 is 10.5. The Kier molecular flexibility index (Phi) is 13.9. The Labute approximate surface area is 274 Å². The number of esters is 1. The third-order valence-corrected chi connectivity index (χ3v) is 8.86. The summed E-state index contributed by atoms with van der Waals surface area (Å²) in [5, 5.41) is 3.02. The summed E-state index contributed by atoms with van der Waals surface area (Å²) in [5.74, 6) is 0.0203. The highest BCUT2D eigenvalue weighted by atomic mass is 16.5. The maximum atomic E-state index is 13.9. The largest absolute Gasteiger partial charge is 0.465 e. The lowest BCUT2D eigenvalue weighted by molar-refractivity contribution is -0.144. The zero-order valence-electron chi connectivity index (χ0n) is 28.1. The van der Waals surface area contributed by atoms with Crippen LogP contribution < -0.4 is 5.32 Å². The fourth-order valence-electron chi connectivity index (χ4n) is 6.10. The van der Waals surface area contributed by atoms with Crippen molar-refractivity contribution in [3.05, 3.63) is 47.8 Å². The summed E-state index contributed by atoms with van der Waals surface area (Å²) in [6.45, 7) is 14.1. The number of nitrogens with one attached hydrogen (secondary N) is 1. The molecule has 252 valence electrons. The smallest absolute Gasteiger partial charge is 0.320 e. The van der Waals surface area contributed by atoms with Gasteiger partial charge in [0, 0.05) is 51.0 Å². The monoisotopic (exact) mass is 636 g/mol. The van der Waals surface area contributed by atoms with E-state index in [-0.39, 0.29) is 30.0 Å². The number of benzene rings is 1. The second-order valence-electron chi connectivity index (χ2n) is 12.3. The molecule has 0 aliphatic carbocycles. The van der Waals surface area contributed by atoms with Crippen molar-refractivity contribution in [1.29, 1.82) is 0 Å². The van der Waals surface area contributed by atoms with Gasteiger partial charge in [0.05, 0.1) is 38.6 Å². The van der Waals surface area contributed by atoms with Crippen molar-refractivity contribution in [3.8, 4) is 11.1 Å². The number of rotatable bonds is 15. The number of aryl methyl sites for hydroxylation is 1. The van der Waals surface area contributed by atoms with Gasteiger partial charge >= 0.3 is 5.97 Å². The van der Waals surface area contributed by atoms with Crippen LogP contribution >= 0.6 is 0 Å². The predicted molar refractivity (Wildman–Crippen MR) is 180 cm³/mol. The van der Waals surface area contributed by atoms with E-state index in [1.165, 1.54) is 5.56 Å². The van der Waals surface area contributed by atoms with E-state index in [0.717, 1.165) is 56.6 Å². The van der Waals surface area contributed by atoms with E-state index < -0.39 is 0 Å². The number of carbonyl (C=O) groups is 3. The summed E-state index contributed by atoms with van der Waals surface area (Å²) in [7, 11) is 2.10. The van der Waals surface area contributed by atoms with Crippen molar-refractivity contribution < 1.29 is 23.9 Å². The standard InChI is InChI=1S/C35H52N6O5/c1-5-27-9-8-10-29(21-27)30-22-31(37-32(42)25-40-17-19-45-20-18-40)34(36-23-30)35(44)41(6-2)16-15-38(4)24-28-11-13-39(14-12-28)26-33(43)46-7-3/h8-10,21-23,28H,5-7,11-20,24-26H2,1-4H3,(H,37,42). The number of anilines is 1. The first-order chi connectivity index (χ1) is 22.3. The Hall–Kier alpha value is -3.38. The minimum Gasteiger partial charge on any atom is -0.465 e. The Morgan fingerprint density at radius 2 is 1.72 bits per heavy atom. The summed E-state index contributed by atoms with van der Waals surface area (Å²) in [4.78, 5) is 51.9. The average Bonchev–Trinajstić information content (AvgIpc) is 3.06. The van der Waals surface area contributed by atoms with E-state index >= 15 is 0 Å². The molecule has 4 rings (SSSR count). The lowest BCUT2D eigenvalue weighted by Crippen LogP contribution is -2.43. The summed E-state index contributed by atoms with van der Waals surface area (Å²) in [6.07, 6.45) is 4.71. The van der Waals surface area contributed by atoms with E-state index in [1.807, 2.05) is 32.0 Å². The maximum Gasteiger partial charge on any atom is 0.320 e. The van der Waals surface area contributed by atoms with Gasteiger partial charge in [0.25, 0.3) is 5.91 Å². The van der Waals surface area contributed by atoms with Crippen LogP contribution in [0.4, 0.5) is 5.69 Å². The predicted octanol–water partition coefficient (Wildman–Crippen LogP) is 3.25. The molecule has 1 aromatic heterocycles. The van der Waals surface area contributed by atoms with E-state index in [4.69, 9.17) is 9.47 Å². The van der Waals surface area contributed by atoms with Crippen LogP contribution in [0.25, 0.3) is 11.1 Å². The molecule has 0 radical (unpaired) electrons. The molecule has 0 saturated carbocycles. The van der Waals surface area contributed by atoms with Crippen molar-refractivity contribution in [3.63, 3.8) is 0 Å². The number of aromatic nitrogens is 1. The molecule has 2 amide bonds. The summed E-state index contributed by atoms with van der Waals surface area (Å²) in [5.41, 5.74) is 3.74. The molecule has 3 heterocycles. The van der Waals surface area contributed by atoms with Gasteiger partial charge in [0.15, 0.2) is 5.69 Å². The molecular formula is C35H52N6O5. The van der Waals surface area contributed by atoms with Crippen LogP contribution in [0.2, 0.25) is 0 Å². The van der Waals surface area contributed by atoms with Gasteiger partial charge in [-0.25, -0.2) is 4.98 Å². The number of piperidine rings is 1. The van der Waals surface area contributed by atoms with Gasteiger partial charge in [-0.15, -0.1) is 0 Å². The molecule has 1 aromatic carbocycles. The van der Waals surface area contributed by atoms with Crippen LogP contribution in [0.5, 0.6) is 0 Å². The lowest BCUT2D eigenvalue weighted by Gasteiger charge is -2.33. The number of amides is 2. The minimum absolute atomic E-state index is 0.156. The van der Waals surface area contributed by atoms with Crippen LogP contribution in [0.1, 0.15) is 49.7 Å². The number of nitrogens with zero attached hydrogens (tertiary/aromatic N) is 5. The van der Waals surface area contributed by atoms with Crippen molar-refractivity contribution in [2.75, 3.05) is 97.6 Å². The number of pyridine rings is 1. The molecule has 0 bridgehead atoms. The van der Waals surface area contributed by atoms with Gasteiger partial charge in [-0.05, 0) is 76.4 Å². The summed E-state index contributed by atoms with van der Waals surface area (Å²) >= 11 is 0. The van der Waals surface area contributed by atoms with E-state index in [1.54, 1.807) is 11.1 Å². The van der Waals surface area contributed by atoms with Crippen LogP contribution in [-0.2, 0) is 25.5 Å². The number of hydrogen-bond acceptors (Lipinski definition) is 9. The second-order valence-corrected chi connectivity index (χ2v) is 12.3. The Morgan fingerprint density at radius 3 is 2.41 bits per heavy atom. The van der Waals surface area contributed by atoms with Crippen LogP contribution in [-0.4, -0.2) is 135 Å². The van der Waals surface area contributed by atoms with Gasteiger partial charge in [0.1, 0.15) is 0 Å². The van der Waals surface area contributed by atoms with Crippen LogP contribution in [0, 0.1) is 5.92 Å². The first kappa shape index (κ1) is 35.5. The first-order valence-corrected chi connectivity index (χ1v) is 16.8. The normalized spacial score (nSPS) is 16.4. The van der Waals surface area contributed by atoms with Crippen molar-refractivity contribution in [2.24, 2.45) is 5.92 Å². The SMILES string of the molecule is CCOC(=O)CN1CCC(CN(C)CCN(CC)C(=O)c2ncc(-c3cccc(CC)c3)cc2NC(=O)CN2CCOCC2)CC1. The Bertz CT molecular complexity index is 1290. The highest BCUT2D eigenvalue weighted by molar-refractivity contribution is 6.03. The molecule has 2 fully saturated rings. The number of hydrogen-bond donors (Lipinski definition) is 1. The number of morpholine rings is 1. The third-order valence-electron chi connectivity index (χ3n) is 8.86. The number of likely N-dealkylation sites (tertiary alicyclic amines) is 1. The molecule has 2 aliphatic rings. The highest BCUT2D eigenvalue weighted by Crippen LogP contribution is 2.26. The molecule has 0 atom stereocenters. The lowest BCUT2D eigenvalue weighted by atomic mass is 9.96. The fraction of sp³-hybridized carbons (Fsp3) is 0.600. The topological polar surface area (TPSA) is 108 Å². The van der Waals surface area contributed by atoms with E-state index in [0.29, 0.717) is 64.1 Å². The van der Waals surface area contributed by atoms with Gasteiger partial charge < -0.3 is 24.6 Å². The molecule has 2 saturated heterocycles. The van der Waals surface area contributed by atoms with Gasteiger partial charge in [-0.1, -0.05) is 31.2 Å². The van der Waals surface area contributed by atoms with Crippen LogP contribution in [0.3, 0.4) is 0 Å².